The highest BCUT2D eigenvalue weighted by atomic mass is 14.9. The number of benzene rings is 1. The maximum absolute atomic E-state index is 8.87. The smallest absolute Gasteiger partial charge is 0.0991 e. The van der Waals surface area contributed by atoms with Crippen LogP contribution < -0.4 is 5.32 Å². The van der Waals surface area contributed by atoms with E-state index in [1.165, 1.54) is 0 Å². The minimum absolute atomic E-state index is 0.124. The van der Waals surface area contributed by atoms with E-state index < -0.39 is 0 Å². The standard InChI is InChI=1S/C15H16N4/c1-11-15(18-7-6-17-11)12(2)19-10-14-5-3-4-13(8-14)9-16/h3-8,12,19H,10H2,1-2H3. The summed E-state index contributed by atoms with van der Waals surface area (Å²) in [5, 5.41) is 12.3. The summed E-state index contributed by atoms with van der Waals surface area (Å²) in [5.74, 6) is 0. The molecular formula is C15H16N4. The summed E-state index contributed by atoms with van der Waals surface area (Å²) in [6, 6.07) is 9.87. The van der Waals surface area contributed by atoms with Crippen LogP contribution >= 0.6 is 0 Å². The van der Waals surface area contributed by atoms with Gasteiger partial charge in [0.1, 0.15) is 0 Å². The topological polar surface area (TPSA) is 61.6 Å². The van der Waals surface area contributed by atoms with Crippen molar-refractivity contribution < 1.29 is 0 Å². The zero-order valence-electron chi connectivity index (χ0n) is 11.1. The second kappa shape index (κ2) is 6.07. The maximum Gasteiger partial charge on any atom is 0.0991 e. The Balaban J connectivity index is 2.03. The third kappa shape index (κ3) is 3.36. The fourth-order valence-electron chi connectivity index (χ4n) is 1.96. The first-order valence-corrected chi connectivity index (χ1v) is 6.20. The summed E-state index contributed by atoms with van der Waals surface area (Å²) in [6.07, 6.45) is 3.40. The Morgan fingerprint density at radius 2 is 2.11 bits per heavy atom. The van der Waals surface area contributed by atoms with Gasteiger partial charge < -0.3 is 5.32 Å². The SMILES string of the molecule is Cc1nccnc1C(C)NCc1cccc(C#N)c1. The Morgan fingerprint density at radius 3 is 2.84 bits per heavy atom. The van der Waals surface area contributed by atoms with E-state index in [2.05, 4.69) is 28.3 Å². The Labute approximate surface area is 113 Å². The predicted molar refractivity (Wildman–Crippen MR) is 73.2 cm³/mol. The lowest BCUT2D eigenvalue weighted by Crippen LogP contribution is -2.20. The Bertz CT molecular complexity index is 601. The first-order valence-electron chi connectivity index (χ1n) is 6.20. The summed E-state index contributed by atoms with van der Waals surface area (Å²) >= 11 is 0. The number of nitriles is 1. The van der Waals surface area contributed by atoms with Crippen molar-refractivity contribution in [2.45, 2.75) is 26.4 Å². The molecule has 0 saturated carbocycles. The number of aromatic nitrogens is 2. The molecule has 2 rings (SSSR count). The number of hydrogen-bond acceptors (Lipinski definition) is 4. The Morgan fingerprint density at radius 1 is 1.32 bits per heavy atom. The number of nitrogens with zero attached hydrogens (tertiary/aromatic N) is 3. The maximum atomic E-state index is 8.87. The van der Waals surface area contributed by atoms with Crippen LogP contribution in [-0.2, 0) is 6.54 Å². The highest BCUT2D eigenvalue weighted by Gasteiger charge is 2.09. The molecule has 1 aromatic heterocycles. The van der Waals surface area contributed by atoms with E-state index in [9.17, 15) is 0 Å². The van der Waals surface area contributed by atoms with Crippen LogP contribution in [0.1, 0.15) is 35.5 Å². The molecule has 0 bridgehead atoms. The van der Waals surface area contributed by atoms with Crippen molar-refractivity contribution >= 4 is 0 Å². The van der Waals surface area contributed by atoms with Crippen molar-refractivity contribution in [3.8, 4) is 6.07 Å². The van der Waals surface area contributed by atoms with E-state index in [0.717, 1.165) is 17.0 Å². The molecule has 0 radical (unpaired) electrons. The highest BCUT2D eigenvalue weighted by molar-refractivity contribution is 5.32. The second-order valence-electron chi connectivity index (χ2n) is 4.44. The van der Waals surface area contributed by atoms with Crippen molar-refractivity contribution in [2.24, 2.45) is 0 Å². The van der Waals surface area contributed by atoms with E-state index >= 15 is 0 Å². The fourth-order valence-corrected chi connectivity index (χ4v) is 1.96. The molecular weight excluding hydrogens is 236 g/mol. The van der Waals surface area contributed by atoms with Gasteiger partial charge in [-0.25, -0.2) is 0 Å². The lowest BCUT2D eigenvalue weighted by Gasteiger charge is -2.14. The van der Waals surface area contributed by atoms with E-state index in [-0.39, 0.29) is 6.04 Å². The molecule has 19 heavy (non-hydrogen) atoms. The van der Waals surface area contributed by atoms with Gasteiger partial charge >= 0.3 is 0 Å². The number of nitrogens with one attached hydrogen (secondary N) is 1. The molecule has 1 unspecified atom stereocenters. The summed E-state index contributed by atoms with van der Waals surface area (Å²) in [7, 11) is 0. The van der Waals surface area contributed by atoms with Gasteiger partial charge in [-0.1, -0.05) is 12.1 Å². The molecule has 0 saturated heterocycles. The van der Waals surface area contributed by atoms with Gasteiger partial charge in [0.05, 0.1) is 23.0 Å². The summed E-state index contributed by atoms with van der Waals surface area (Å²) in [4.78, 5) is 8.58. The van der Waals surface area contributed by atoms with Crippen LogP contribution in [0.3, 0.4) is 0 Å². The third-order valence-electron chi connectivity index (χ3n) is 3.00. The molecule has 4 heteroatoms. The van der Waals surface area contributed by atoms with Gasteiger partial charge in [-0.15, -0.1) is 0 Å². The second-order valence-corrected chi connectivity index (χ2v) is 4.44. The van der Waals surface area contributed by atoms with E-state index in [1.54, 1.807) is 18.5 Å². The molecule has 0 aliphatic carbocycles. The van der Waals surface area contributed by atoms with Crippen molar-refractivity contribution in [3.05, 3.63) is 59.2 Å². The van der Waals surface area contributed by atoms with Crippen molar-refractivity contribution in [1.82, 2.24) is 15.3 Å². The Kier molecular flexibility index (Phi) is 4.22. The van der Waals surface area contributed by atoms with Crippen LogP contribution in [-0.4, -0.2) is 9.97 Å². The van der Waals surface area contributed by atoms with Gasteiger partial charge in [-0.2, -0.15) is 5.26 Å². The molecule has 0 amide bonds. The molecule has 0 aliphatic heterocycles. The van der Waals surface area contributed by atoms with Crippen molar-refractivity contribution in [2.75, 3.05) is 0 Å². The molecule has 1 heterocycles. The molecule has 4 nitrogen and oxygen atoms in total. The highest BCUT2D eigenvalue weighted by Crippen LogP contribution is 2.13. The summed E-state index contributed by atoms with van der Waals surface area (Å²) in [5.41, 5.74) is 3.67. The first kappa shape index (κ1) is 13.2. The van der Waals surface area contributed by atoms with Gasteiger partial charge in [0.25, 0.3) is 0 Å². The summed E-state index contributed by atoms with van der Waals surface area (Å²) in [6.45, 7) is 4.72. The average Bonchev–Trinajstić information content (AvgIpc) is 2.45. The molecule has 96 valence electrons. The predicted octanol–water partition coefficient (Wildman–Crippen LogP) is 2.51. The normalized spacial score (nSPS) is 11.8. The zero-order chi connectivity index (χ0) is 13.7. The number of rotatable bonds is 4. The van der Waals surface area contributed by atoms with E-state index in [4.69, 9.17) is 5.26 Å². The lowest BCUT2D eigenvalue weighted by molar-refractivity contribution is 0.555. The number of hydrogen-bond donors (Lipinski definition) is 1. The fraction of sp³-hybridized carbons (Fsp3) is 0.267. The summed E-state index contributed by atoms with van der Waals surface area (Å²) < 4.78 is 0. The van der Waals surface area contributed by atoms with Crippen LogP contribution in [0.15, 0.2) is 36.7 Å². The monoisotopic (exact) mass is 252 g/mol. The lowest BCUT2D eigenvalue weighted by atomic mass is 10.1. The zero-order valence-corrected chi connectivity index (χ0v) is 11.1. The first-order chi connectivity index (χ1) is 9.20. The molecule has 0 aliphatic rings. The van der Waals surface area contributed by atoms with Gasteiger partial charge in [0.2, 0.25) is 0 Å². The quantitative estimate of drug-likeness (QED) is 0.908. The van der Waals surface area contributed by atoms with Gasteiger partial charge in [-0.05, 0) is 31.5 Å². The molecule has 2 aromatic rings. The number of aryl methyl sites for hydroxylation is 1. The Hall–Kier alpha value is -2.25. The van der Waals surface area contributed by atoms with Crippen LogP contribution in [0.5, 0.6) is 0 Å². The van der Waals surface area contributed by atoms with Crippen LogP contribution in [0.4, 0.5) is 0 Å². The van der Waals surface area contributed by atoms with Crippen molar-refractivity contribution in [1.29, 1.82) is 5.26 Å². The van der Waals surface area contributed by atoms with Crippen LogP contribution in [0.25, 0.3) is 0 Å². The molecule has 1 atom stereocenters. The van der Waals surface area contributed by atoms with Gasteiger partial charge in [0, 0.05) is 25.0 Å². The van der Waals surface area contributed by atoms with E-state index in [0.29, 0.717) is 12.1 Å². The van der Waals surface area contributed by atoms with E-state index in [1.807, 2.05) is 25.1 Å². The molecule has 1 aromatic carbocycles. The largest absolute Gasteiger partial charge is 0.305 e. The van der Waals surface area contributed by atoms with Gasteiger partial charge in [-0.3, -0.25) is 9.97 Å². The van der Waals surface area contributed by atoms with Crippen molar-refractivity contribution in [3.63, 3.8) is 0 Å². The molecule has 0 spiro atoms. The van der Waals surface area contributed by atoms with Crippen LogP contribution in [0, 0.1) is 18.3 Å². The minimum atomic E-state index is 0.124. The third-order valence-corrected chi connectivity index (χ3v) is 3.00. The average molecular weight is 252 g/mol. The molecule has 0 fully saturated rings. The van der Waals surface area contributed by atoms with Gasteiger partial charge in [0.15, 0.2) is 0 Å². The van der Waals surface area contributed by atoms with Crippen LogP contribution in [0.2, 0.25) is 0 Å². The molecule has 1 N–H and O–H groups in total. The minimum Gasteiger partial charge on any atom is -0.305 e.